The van der Waals surface area contributed by atoms with Gasteiger partial charge in [-0.3, -0.25) is 9.78 Å². The summed E-state index contributed by atoms with van der Waals surface area (Å²) >= 11 is 0. The van der Waals surface area contributed by atoms with Gasteiger partial charge in [0.15, 0.2) is 0 Å². The second-order valence-electron chi connectivity index (χ2n) is 5.81. The number of carbonyl (C=O) groups excluding carboxylic acids is 1. The molecule has 2 aromatic rings. The Labute approximate surface area is 136 Å². The van der Waals surface area contributed by atoms with E-state index >= 15 is 0 Å². The number of rotatable bonds is 4. The van der Waals surface area contributed by atoms with Gasteiger partial charge in [-0.1, -0.05) is 18.9 Å². The van der Waals surface area contributed by atoms with Gasteiger partial charge in [0.25, 0.3) is 5.91 Å². The van der Waals surface area contributed by atoms with E-state index in [4.69, 9.17) is 0 Å². The van der Waals surface area contributed by atoms with Gasteiger partial charge in [0.2, 0.25) is 0 Å². The van der Waals surface area contributed by atoms with Crippen LogP contribution in [0.15, 0.2) is 42.7 Å². The Bertz CT molecular complexity index is 619. The lowest BCUT2D eigenvalue weighted by Crippen LogP contribution is -2.32. The molecule has 0 atom stereocenters. The highest BCUT2D eigenvalue weighted by atomic mass is 16.2. The van der Waals surface area contributed by atoms with E-state index in [1.165, 1.54) is 12.8 Å². The molecule has 0 aliphatic carbocycles. The highest BCUT2D eigenvalue weighted by Crippen LogP contribution is 2.14. The standard InChI is InChI=1S/C18H22N4O/c23-18(22-11-5-1-2-6-12-22)17-9-8-16(14-21-17)20-13-15-7-3-4-10-19-15/h3-4,7-10,14,20H,1-2,5-6,11-13H2. The molecule has 3 rings (SSSR count). The van der Waals surface area contributed by atoms with Crippen LogP contribution in [0.2, 0.25) is 0 Å². The first kappa shape index (κ1) is 15.5. The number of carbonyl (C=O) groups is 1. The quantitative estimate of drug-likeness (QED) is 0.942. The molecule has 1 amide bonds. The van der Waals surface area contributed by atoms with Crippen molar-refractivity contribution in [1.82, 2.24) is 14.9 Å². The Morgan fingerprint density at radius 3 is 2.52 bits per heavy atom. The Hall–Kier alpha value is -2.43. The van der Waals surface area contributed by atoms with Gasteiger partial charge >= 0.3 is 0 Å². The van der Waals surface area contributed by atoms with Crippen molar-refractivity contribution >= 4 is 11.6 Å². The summed E-state index contributed by atoms with van der Waals surface area (Å²) in [5, 5.41) is 3.27. The van der Waals surface area contributed by atoms with Crippen molar-refractivity contribution in [1.29, 1.82) is 0 Å². The molecule has 23 heavy (non-hydrogen) atoms. The molecular weight excluding hydrogens is 288 g/mol. The minimum atomic E-state index is 0.0446. The topological polar surface area (TPSA) is 58.1 Å². The average Bonchev–Trinajstić information content (AvgIpc) is 2.90. The number of anilines is 1. The molecule has 0 aromatic carbocycles. The maximum Gasteiger partial charge on any atom is 0.272 e. The van der Waals surface area contributed by atoms with E-state index in [-0.39, 0.29) is 5.91 Å². The summed E-state index contributed by atoms with van der Waals surface area (Å²) in [6, 6.07) is 9.53. The number of hydrogen-bond donors (Lipinski definition) is 1. The summed E-state index contributed by atoms with van der Waals surface area (Å²) in [5.41, 5.74) is 2.38. The summed E-state index contributed by atoms with van der Waals surface area (Å²) in [4.78, 5) is 23.0. The summed E-state index contributed by atoms with van der Waals surface area (Å²) in [7, 11) is 0. The van der Waals surface area contributed by atoms with Crippen LogP contribution in [0.4, 0.5) is 5.69 Å². The average molecular weight is 310 g/mol. The van der Waals surface area contributed by atoms with Crippen LogP contribution in [0.3, 0.4) is 0 Å². The smallest absolute Gasteiger partial charge is 0.272 e. The van der Waals surface area contributed by atoms with Gasteiger partial charge in [-0.2, -0.15) is 0 Å². The molecule has 1 N–H and O–H groups in total. The lowest BCUT2D eigenvalue weighted by atomic mass is 10.2. The molecule has 3 heterocycles. The number of nitrogens with zero attached hydrogens (tertiary/aromatic N) is 3. The maximum atomic E-state index is 12.5. The third-order valence-electron chi connectivity index (χ3n) is 4.08. The molecule has 120 valence electrons. The molecule has 1 aliphatic rings. The summed E-state index contributed by atoms with van der Waals surface area (Å²) in [5.74, 6) is 0.0446. The van der Waals surface area contributed by atoms with E-state index in [1.807, 2.05) is 29.2 Å². The van der Waals surface area contributed by atoms with Crippen molar-refractivity contribution in [2.45, 2.75) is 32.2 Å². The Morgan fingerprint density at radius 1 is 1.04 bits per heavy atom. The molecule has 1 aliphatic heterocycles. The summed E-state index contributed by atoms with van der Waals surface area (Å²) < 4.78 is 0. The normalized spacial score (nSPS) is 15.0. The fourth-order valence-corrected chi connectivity index (χ4v) is 2.76. The first-order valence-electron chi connectivity index (χ1n) is 8.22. The van der Waals surface area contributed by atoms with E-state index in [0.29, 0.717) is 12.2 Å². The predicted octanol–water partition coefficient (Wildman–Crippen LogP) is 3.10. The van der Waals surface area contributed by atoms with Gasteiger partial charge in [-0.25, -0.2) is 4.98 Å². The van der Waals surface area contributed by atoms with Crippen molar-refractivity contribution < 1.29 is 4.79 Å². The summed E-state index contributed by atoms with van der Waals surface area (Å²) in [6.07, 6.45) is 8.11. The van der Waals surface area contributed by atoms with Crippen molar-refractivity contribution in [2.24, 2.45) is 0 Å². The number of likely N-dealkylation sites (tertiary alicyclic amines) is 1. The number of pyridine rings is 2. The predicted molar refractivity (Wildman–Crippen MR) is 90.2 cm³/mol. The zero-order valence-corrected chi connectivity index (χ0v) is 13.2. The molecule has 0 unspecified atom stereocenters. The SMILES string of the molecule is O=C(c1ccc(NCc2ccccn2)cn1)N1CCCCCC1. The first-order valence-corrected chi connectivity index (χ1v) is 8.22. The van der Waals surface area contributed by atoms with Gasteiger partial charge in [0, 0.05) is 19.3 Å². The first-order chi connectivity index (χ1) is 11.3. The molecule has 2 aromatic heterocycles. The third-order valence-corrected chi connectivity index (χ3v) is 4.08. The Morgan fingerprint density at radius 2 is 1.87 bits per heavy atom. The summed E-state index contributed by atoms with van der Waals surface area (Å²) in [6.45, 7) is 2.34. The van der Waals surface area contributed by atoms with Gasteiger partial charge in [0.05, 0.1) is 24.1 Å². The molecule has 1 saturated heterocycles. The number of hydrogen-bond acceptors (Lipinski definition) is 4. The van der Waals surface area contributed by atoms with Crippen LogP contribution in [0, 0.1) is 0 Å². The van der Waals surface area contributed by atoms with Crippen LogP contribution in [-0.2, 0) is 6.54 Å². The van der Waals surface area contributed by atoms with Crippen LogP contribution >= 0.6 is 0 Å². The Balaban J connectivity index is 1.59. The molecule has 0 radical (unpaired) electrons. The fraction of sp³-hybridized carbons (Fsp3) is 0.389. The van der Waals surface area contributed by atoms with Crippen LogP contribution < -0.4 is 5.32 Å². The van der Waals surface area contributed by atoms with Gasteiger partial charge in [-0.05, 0) is 37.1 Å². The second kappa shape index (κ2) is 7.72. The van der Waals surface area contributed by atoms with Crippen LogP contribution in [0.25, 0.3) is 0 Å². The van der Waals surface area contributed by atoms with Crippen molar-refractivity contribution in [3.63, 3.8) is 0 Å². The number of nitrogens with one attached hydrogen (secondary N) is 1. The zero-order valence-electron chi connectivity index (χ0n) is 13.2. The minimum absolute atomic E-state index is 0.0446. The van der Waals surface area contributed by atoms with Crippen molar-refractivity contribution in [2.75, 3.05) is 18.4 Å². The fourth-order valence-electron chi connectivity index (χ4n) is 2.76. The van der Waals surface area contributed by atoms with E-state index in [1.54, 1.807) is 18.5 Å². The molecule has 0 bridgehead atoms. The van der Waals surface area contributed by atoms with Crippen LogP contribution in [0.1, 0.15) is 41.9 Å². The lowest BCUT2D eigenvalue weighted by Gasteiger charge is -2.19. The number of aromatic nitrogens is 2. The highest BCUT2D eigenvalue weighted by molar-refractivity contribution is 5.92. The van der Waals surface area contributed by atoms with Crippen molar-refractivity contribution in [3.05, 3.63) is 54.1 Å². The molecule has 0 spiro atoms. The van der Waals surface area contributed by atoms with E-state index in [9.17, 15) is 4.79 Å². The van der Waals surface area contributed by atoms with E-state index < -0.39 is 0 Å². The molecule has 5 heteroatoms. The van der Waals surface area contributed by atoms with Gasteiger partial charge in [0.1, 0.15) is 5.69 Å². The van der Waals surface area contributed by atoms with E-state index in [0.717, 1.165) is 37.3 Å². The lowest BCUT2D eigenvalue weighted by molar-refractivity contribution is 0.0756. The molecule has 5 nitrogen and oxygen atoms in total. The number of amides is 1. The van der Waals surface area contributed by atoms with Crippen LogP contribution in [-0.4, -0.2) is 33.9 Å². The molecular formula is C18H22N4O. The highest BCUT2D eigenvalue weighted by Gasteiger charge is 2.18. The van der Waals surface area contributed by atoms with Crippen LogP contribution in [0.5, 0.6) is 0 Å². The van der Waals surface area contributed by atoms with Gasteiger partial charge < -0.3 is 10.2 Å². The largest absolute Gasteiger partial charge is 0.378 e. The monoisotopic (exact) mass is 310 g/mol. The van der Waals surface area contributed by atoms with E-state index in [2.05, 4.69) is 15.3 Å². The molecule has 1 fully saturated rings. The van der Waals surface area contributed by atoms with Gasteiger partial charge in [-0.15, -0.1) is 0 Å². The Kier molecular flexibility index (Phi) is 5.19. The molecule has 0 saturated carbocycles. The second-order valence-corrected chi connectivity index (χ2v) is 5.81. The maximum absolute atomic E-state index is 12.5. The zero-order chi connectivity index (χ0) is 15.9. The minimum Gasteiger partial charge on any atom is -0.378 e. The van der Waals surface area contributed by atoms with Crippen molar-refractivity contribution in [3.8, 4) is 0 Å². The third kappa shape index (κ3) is 4.28.